The van der Waals surface area contributed by atoms with Crippen LogP contribution >= 0.6 is 0 Å². The Morgan fingerprint density at radius 2 is 2.05 bits per heavy atom. The molecule has 1 heterocycles. The number of nitrogens with zero attached hydrogens (tertiary/aromatic N) is 1. The van der Waals surface area contributed by atoms with Gasteiger partial charge >= 0.3 is 0 Å². The lowest BCUT2D eigenvalue weighted by Crippen LogP contribution is -2.36. The molecule has 2 N–H and O–H groups in total. The average Bonchev–Trinajstić information content (AvgIpc) is 2.44. The molecular weight excluding hydrogens is 288 g/mol. The van der Waals surface area contributed by atoms with Gasteiger partial charge in [0.25, 0.3) is 0 Å². The molecule has 2 rings (SSSR count). The van der Waals surface area contributed by atoms with Crippen LogP contribution in [0.5, 0.6) is 0 Å². The minimum atomic E-state index is -3.56. The van der Waals surface area contributed by atoms with E-state index in [1.165, 1.54) is 4.31 Å². The largest absolute Gasteiger partial charge is 0.398 e. The first-order valence-corrected chi connectivity index (χ1v) is 8.34. The Balaban J connectivity index is 2.35. The van der Waals surface area contributed by atoms with Gasteiger partial charge in [0.2, 0.25) is 10.0 Å². The first-order chi connectivity index (χ1) is 9.87. The third-order valence-electron chi connectivity index (χ3n) is 3.90. The maximum Gasteiger partial charge on any atom is 0.245 e. The molecule has 1 aliphatic rings. The van der Waals surface area contributed by atoms with Gasteiger partial charge in [-0.3, -0.25) is 0 Å². The van der Waals surface area contributed by atoms with E-state index >= 15 is 0 Å². The van der Waals surface area contributed by atoms with Gasteiger partial charge in [-0.2, -0.15) is 4.31 Å². The zero-order valence-electron chi connectivity index (χ0n) is 12.7. The fourth-order valence-electron chi connectivity index (χ4n) is 2.51. The number of benzene rings is 1. The van der Waals surface area contributed by atoms with Crippen molar-refractivity contribution in [2.75, 3.05) is 32.5 Å². The van der Waals surface area contributed by atoms with Crippen LogP contribution in [0.3, 0.4) is 0 Å². The van der Waals surface area contributed by atoms with E-state index in [-0.39, 0.29) is 4.90 Å². The van der Waals surface area contributed by atoms with Gasteiger partial charge in [0.15, 0.2) is 0 Å². The molecule has 0 fully saturated rings. The van der Waals surface area contributed by atoms with Gasteiger partial charge in [-0.05, 0) is 43.0 Å². The lowest BCUT2D eigenvalue weighted by molar-refractivity contribution is 0.219. The Bertz CT molecular complexity index is 666. The summed E-state index contributed by atoms with van der Waals surface area (Å²) in [6, 6.07) is 3.50. The van der Waals surface area contributed by atoms with E-state index in [0.29, 0.717) is 31.8 Å². The number of nitrogen functional groups attached to an aromatic ring is 1. The molecule has 0 atom stereocenters. The number of aryl methyl sites for hydroxylation is 1. The highest BCUT2D eigenvalue weighted by Crippen LogP contribution is 2.29. The number of rotatable bonds is 4. The fourth-order valence-corrected chi connectivity index (χ4v) is 4.28. The molecular formula is C15H22N2O3S. The normalized spacial score (nSPS) is 16.8. The highest BCUT2D eigenvalue weighted by atomic mass is 32.2. The maximum absolute atomic E-state index is 12.8. The second-order valence-corrected chi connectivity index (χ2v) is 7.21. The average molecular weight is 310 g/mol. The number of methoxy groups -OCH3 is 1. The van der Waals surface area contributed by atoms with Crippen LogP contribution in [0.1, 0.15) is 17.5 Å². The highest BCUT2D eigenvalue weighted by Gasteiger charge is 2.29. The summed E-state index contributed by atoms with van der Waals surface area (Å²) >= 11 is 0. The number of ether oxygens (including phenoxy) is 1. The van der Waals surface area contributed by atoms with Crippen LogP contribution in [-0.2, 0) is 14.8 Å². The summed E-state index contributed by atoms with van der Waals surface area (Å²) in [4.78, 5) is 0.242. The molecule has 0 aliphatic carbocycles. The zero-order chi connectivity index (χ0) is 15.6. The van der Waals surface area contributed by atoms with Crippen molar-refractivity contribution in [3.63, 3.8) is 0 Å². The summed E-state index contributed by atoms with van der Waals surface area (Å²) in [7, 11) is -1.92. The standard InChI is InChI=1S/C15H22N2O3S/c1-11-4-5-14(16)15(12(11)2)21(18,19)17-8-6-13(7-9-17)10-20-3/h4-6H,7-10,16H2,1-3H3. The molecule has 0 radical (unpaired) electrons. The van der Waals surface area contributed by atoms with Gasteiger partial charge in [-0.25, -0.2) is 8.42 Å². The third kappa shape index (κ3) is 3.12. The first kappa shape index (κ1) is 16.0. The Kier molecular flexibility index (Phi) is 4.70. The molecule has 0 amide bonds. The van der Waals surface area contributed by atoms with E-state index in [0.717, 1.165) is 16.7 Å². The van der Waals surface area contributed by atoms with E-state index in [2.05, 4.69) is 0 Å². The van der Waals surface area contributed by atoms with Gasteiger partial charge in [0, 0.05) is 20.2 Å². The predicted octanol–water partition coefficient (Wildman–Crippen LogP) is 1.85. The molecule has 6 heteroatoms. The Morgan fingerprint density at radius 1 is 1.33 bits per heavy atom. The molecule has 1 aliphatic heterocycles. The number of sulfonamides is 1. The van der Waals surface area contributed by atoms with Crippen molar-refractivity contribution >= 4 is 15.7 Å². The van der Waals surface area contributed by atoms with Crippen molar-refractivity contribution in [1.29, 1.82) is 0 Å². The summed E-state index contributed by atoms with van der Waals surface area (Å²) in [5.74, 6) is 0. The predicted molar refractivity (Wildman–Crippen MR) is 83.7 cm³/mol. The molecule has 0 bridgehead atoms. The maximum atomic E-state index is 12.8. The van der Waals surface area contributed by atoms with Gasteiger partial charge in [-0.1, -0.05) is 12.1 Å². The van der Waals surface area contributed by atoms with Crippen LogP contribution in [0.15, 0.2) is 28.7 Å². The summed E-state index contributed by atoms with van der Waals surface area (Å²) < 4.78 is 32.2. The second-order valence-electron chi connectivity index (χ2n) is 5.33. The van der Waals surface area contributed by atoms with Crippen molar-refractivity contribution in [3.8, 4) is 0 Å². The third-order valence-corrected chi connectivity index (χ3v) is 5.97. The Labute approximate surface area is 126 Å². The lowest BCUT2D eigenvalue weighted by atomic mass is 10.1. The molecule has 0 spiro atoms. The quantitative estimate of drug-likeness (QED) is 0.680. The van der Waals surface area contributed by atoms with Crippen LogP contribution in [0.25, 0.3) is 0 Å². The van der Waals surface area contributed by atoms with Crippen LogP contribution in [0.2, 0.25) is 0 Å². The molecule has 0 aromatic heterocycles. The van der Waals surface area contributed by atoms with Crippen molar-refractivity contribution in [3.05, 3.63) is 34.9 Å². The molecule has 1 aromatic carbocycles. The highest BCUT2D eigenvalue weighted by molar-refractivity contribution is 7.89. The van der Waals surface area contributed by atoms with Crippen LogP contribution in [0, 0.1) is 13.8 Å². The molecule has 0 saturated carbocycles. The first-order valence-electron chi connectivity index (χ1n) is 6.90. The van der Waals surface area contributed by atoms with E-state index in [4.69, 9.17) is 10.5 Å². The van der Waals surface area contributed by atoms with Crippen LogP contribution in [0.4, 0.5) is 5.69 Å². The number of anilines is 1. The number of hydrogen-bond acceptors (Lipinski definition) is 4. The summed E-state index contributed by atoms with van der Waals surface area (Å²) in [6.07, 6.45) is 2.61. The van der Waals surface area contributed by atoms with Crippen molar-refractivity contribution in [2.45, 2.75) is 25.2 Å². The summed E-state index contributed by atoms with van der Waals surface area (Å²) in [6.45, 7) is 5.08. The topological polar surface area (TPSA) is 72.6 Å². The van der Waals surface area contributed by atoms with E-state index in [1.54, 1.807) is 20.1 Å². The van der Waals surface area contributed by atoms with Gasteiger partial charge < -0.3 is 10.5 Å². The Morgan fingerprint density at radius 3 is 2.62 bits per heavy atom. The van der Waals surface area contributed by atoms with E-state index in [1.807, 2.05) is 19.1 Å². The second kappa shape index (κ2) is 6.17. The van der Waals surface area contributed by atoms with Crippen molar-refractivity contribution in [2.24, 2.45) is 0 Å². The van der Waals surface area contributed by atoms with E-state index < -0.39 is 10.0 Å². The molecule has 21 heavy (non-hydrogen) atoms. The molecule has 1 aromatic rings. The zero-order valence-corrected chi connectivity index (χ0v) is 13.5. The van der Waals surface area contributed by atoms with Gasteiger partial charge in [0.1, 0.15) is 4.90 Å². The Hall–Kier alpha value is -1.37. The molecule has 0 unspecified atom stereocenters. The monoisotopic (exact) mass is 310 g/mol. The van der Waals surface area contributed by atoms with Gasteiger partial charge in [0.05, 0.1) is 12.3 Å². The molecule has 0 saturated heterocycles. The summed E-state index contributed by atoms with van der Waals surface area (Å²) in [5, 5.41) is 0. The van der Waals surface area contributed by atoms with Crippen LogP contribution in [-0.4, -0.2) is 39.5 Å². The lowest BCUT2D eigenvalue weighted by Gasteiger charge is -2.27. The van der Waals surface area contributed by atoms with E-state index in [9.17, 15) is 8.42 Å². The summed E-state index contributed by atoms with van der Waals surface area (Å²) in [5.41, 5.74) is 9.01. The number of hydrogen-bond donors (Lipinski definition) is 1. The van der Waals surface area contributed by atoms with Crippen molar-refractivity contribution in [1.82, 2.24) is 4.31 Å². The SMILES string of the molecule is COCC1=CCN(S(=O)(=O)c2c(N)ccc(C)c2C)CC1. The molecule has 116 valence electrons. The van der Waals surface area contributed by atoms with Crippen LogP contribution < -0.4 is 5.73 Å². The minimum Gasteiger partial charge on any atom is -0.398 e. The minimum absolute atomic E-state index is 0.242. The van der Waals surface area contributed by atoms with Crippen molar-refractivity contribution < 1.29 is 13.2 Å². The smallest absolute Gasteiger partial charge is 0.245 e. The fraction of sp³-hybridized carbons (Fsp3) is 0.467. The number of nitrogens with two attached hydrogens (primary N) is 1. The molecule has 5 nitrogen and oxygen atoms in total. The van der Waals surface area contributed by atoms with Gasteiger partial charge in [-0.15, -0.1) is 0 Å².